The topological polar surface area (TPSA) is 41.9 Å². The highest BCUT2D eigenvalue weighted by Gasteiger charge is 2.20. The molecule has 124 valence electrons. The van der Waals surface area contributed by atoms with Gasteiger partial charge in [0.2, 0.25) is 0 Å². The van der Waals surface area contributed by atoms with E-state index < -0.39 is 6.10 Å². The van der Waals surface area contributed by atoms with Gasteiger partial charge in [-0.05, 0) is 32.9 Å². The quantitative estimate of drug-likeness (QED) is 0.839. The molecule has 0 aliphatic carbocycles. The second kappa shape index (κ2) is 8.58. The SMILES string of the molecule is CC(c1ccccc1F)N(C)CC(O)COC1CCOCC1. The van der Waals surface area contributed by atoms with Gasteiger partial charge in [-0.1, -0.05) is 18.2 Å². The van der Waals surface area contributed by atoms with E-state index in [1.54, 1.807) is 12.1 Å². The van der Waals surface area contributed by atoms with Crippen LogP contribution in [-0.2, 0) is 9.47 Å². The number of ether oxygens (including phenoxy) is 2. The van der Waals surface area contributed by atoms with Crippen LogP contribution in [0.1, 0.15) is 31.4 Å². The second-order valence-electron chi connectivity index (χ2n) is 5.94. The van der Waals surface area contributed by atoms with Crippen LogP contribution in [0.4, 0.5) is 4.39 Å². The molecule has 0 spiro atoms. The van der Waals surface area contributed by atoms with E-state index in [2.05, 4.69) is 0 Å². The van der Waals surface area contributed by atoms with Crippen molar-refractivity contribution in [3.63, 3.8) is 0 Å². The molecule has 1 aromatic carbocycles. The Morgan fingerprint density at radius 3 is 2.73 bits per heavy atom. The molecule has 2 unspecified atom stereocenters. The van der Waals surface area contributed by atoms with Gasteiger partial charge in [0.05, 0.1) is 18.8 Å². The van der Waals surface area contributed by atoms with Gasteiger partial charge in [-0.2, -0.15) is 0 Å². The van der Waals surface area contributed by atoms with Gasteiger partial charge in [-0.3, -0.25) is 4.90 Å². The molecule has 0 amide bonds. The van der Waals surface area contributed by atoms with E-state index in [0.29, 0.717) is 18.7 Å². The standard InChI is InChI=1S/C17H26FNO3/c1-13(16-5-3-4-6-17(16)18)19(2)11-14(20)12-22-15-7-9-21-10-8-15/h3-6,13-15,20H,7-12H2,1-2H3. The molecule has 2 rings (SSSR count). The van der Waals surface area contributed by atoms with Crippen molar-refractivity contribution in [2.45, 2.75) is 38.0 Å². The highest BCUT2D eigenvalue weighted by Crippen LogP contribution is 2.21. The summed E-state index contributed by atoms with van der Waals surface area (Å²) < 4.78 is 24.8. The van der Waals surface area contributed by atoms with E-state index in [1.165, 1.54) is 6.07 Å². The van der Waals surface area contributed by atoms with E-state index in [9.17, 15) is 9.50 Å². The van der Waals surface area contributed by atoms with Crippen LogP contribution < -0.4 is 0 Å². The van der Waals surface area contributed by atoms with Gasteiger partial charge < -0.3 is 14.6 Å². The zero-order chi connectivity index (χ0) is 15.9. The van der Waals surface area contributed by atoms with Crippen LogP contribution in [0.25, 0.3) is 0 Å². The molecule has 1 fully saturated rings. The minimum Gasteiger partial charge on any atom is -0.389 e. The van der Waals surface area contributed by atoms with E-state index in [0.717, 1.165) is 26.1 Å². The first-order chi connectivity index (χ1) is 10.6. The number of hydrogen-bond donors (Lipinski definition) is 1. The van der Waals surface area contributed by atoms with Crippen molar-refractivity contribution in [1.29, 1.82) is 0 Å². The number of benzene rings is 1. The zero-order valence-electron chi connectivity index (χ0n) is 13.4. The molecule has 22 heavy (non-hydrogen) atoms. The lowest BCUT2D eigenvalue weighted by Gasteiger charge is -2.29. The Bertz CT molecular complexity index is 451. The van der Waals surface area contributed by atoms with Crippen molar-refractivity contribution < 1.29 is 19.0 Å². The lowest BCUT2D eigenvalue weighted by Crippen LogP contribution is -2.36. The molecule has 5 heteroatoms. The molecule has 1 heterocycles. The number of rotatable bonds is 7. The summed E-state index contributed by atoms with van der Waals surface area (Å²) in [5.74, 6) is -0.213. The lowest BCUT2D eigenvalue weighted by molar-refractivity contribution is -0.0645. The fraction of sp³-hybridized carbons (Fsp3) is 0.647. The summed E-state index contributed by atoms with van der Waals surface area (Å²) in [4.78, 5) is 1.94. The minimum absolute atomic E-state index is 0.0982. The molecule has 0 bridgehead atoms. The van der Waals surface area contributed by atoms with E-state index in [1.807, 2.05) is 24.9 Å². The molecule has 1 N–H and O–H groups in total. The summed E-state index contributed by atoms with van der Waals surface area (Å²) >= 11 is 0. The summed E-state index contributed by atoms with van der Waals surface area (Å²) in [5.41, 5.74) is 0.641. The normalized spacial score (nSPS) is 19.3. The molecule has 0 aromatic heterocycles. The van der Waals surface area contributed by atoms with Crippen molar-refractivity contribution in [1.82, 2.24) is 4.90 Å². The Kier molecular flexibility index (Phi) is 6.76. The third kappa shape index (κ3) is 5.02. The Balaban J connectivity index is 1.77. The zero-order valence-corrected chi connectivity index (χ0v) is 13.4. The van der Waals surface area contributed by atoms with Gasteiger partial charge >= 0.3 is 0 Å². The van der Waals surface area contributed by atoms with Gasteiger partial charge in [0, 0.05) is 31.4 Å². The average molecular weight is 311 g/mol. The van der Waals surface area contributed by atoms with E-state index >= 15 is 0 Å². The summed E-state index contributed by atoms with van der Waals surface area (Å²) in [6, 6.07) is 6.65. The molecule has 0 saturated carbocycles. The molecule has 1 aliphatic rings. The fourth-order valence-corrected chi connectivity index (χ4v) is 2.68. The maximum absolute atomic E-state index is 13.8. The van der Waals surface area contributed by atoms with Gasteiger partial charge in [-0.15, -0.1) is 0 Å². The summed E-state index contributed by atoms with van der Waals surface area (Å²) in [5, 5.41) is 10.1. The lowest BCUT2D eigenvalue weighted by atomic mass is 10.1. The van der Waals surface area contributed by atoms with Crippen LogP contribution in [0.15, 0.2) is 24.3 Å². The first kappa shape index (κ1) is 17.3. The summed E-state index contributed by atoms with van der Waals surface area (Å²) in [6.07, 6.45) is 1.36. The summed E-state index contributed by atoms with van der Waals surface area (Å²) in [7, 11) is 1.88. The van der Waals surface area contributed by atoms with Crippen LogP contribution in [0.5, 0.6) is 0 Å². The van der Waals surface area contributed by atoms with Gasteiger partial charge in [0.15, 0.2) is 0 Å². The molecule has 2 atom stereocenters. The number of halogens is 1. The maximum atomic E-state index is 13.8. The largest absolute Gasteiger partial charge is 0.389 e. The van der Waals surface area contributed by atoms with Crippen molar-refractivity contribution in [3.05, 3.63) is 35.6 Å². The Labute approximate surface area is 131 Å². The van der Waals surface area contributed by atoms with Crippen LogP contribution >= 0.6 is 0 Å². The molecular formula is C17H26FNO3. The van der Waals surface area contributed by atoms with Crippen LogP contribution in [0.2, 0.25) is 0 Å². The maximum Gasteiger partial charge on any atom is 0.127 e. The van der Waals surface area contributed by atoms with Gasteiger partial charge in [0.1, 0.15) is 5.82 Å². The first-order valence-corrected chi connectivity index (χ1v) is 7.90. The molecule has 1 saturated heterocycles. The molecule has 1 aliphatic heterocycles. The molecule has 4 nitrogen and oxygen atoms in total. The van der Waals surface area contributed by atoms with Crippen LogP contribution in [0, 0.1) is 5.82 Å². The minimum atomic E-state index is -0.581. The van der Waals surface area contributed by atoms with E-state index in [-0.39, 0.29) is 18.0 Å². The van der Waals surface area contributed by atoms with Crippen molar-refractivity contribution in [3.8, 4) is 0 Å². The summed E-state index contributed by atoms with van der Waals surface area (Å²) in [6.45, 7) is 4.14. The van der Waals surface area contributed by atoms with Gasteiger partial charge in [0.25, 0.3) is 0 Å². The second-order valence-corrected chi connectivity index (χ2v) is 5.94. The molecule has 0 radical (unpaired) electrons. The van der Waals surface area contributed by atoms with Crippen LogP contribution in [0.3, 0.4) is 0 Å². The molecular weight excluding hydrogens is 285 g/mol. The van der Waals surface area contributed by atoms with E-state index in [4.69, 9.17) is 9.47 Å². The first-order valence-electron chi connectivity index (χ1n) is 7.90. The van der Waals surface area contributed by atoms with Gasteiger partial charge in [-0.25, -0.2) is 4.39 Å². The third-order valence-electron chi connectivity index (χ3n) is 4.21. The van der Waals surface area contributed by atoms with Crippen molar-refractivity contribution in [2.24, 2.45) is 0 Å². The highest BCUT2D eigenvalue weighted by molar-refractivity contribution is 5.20. The van der Waals surface area contributed by atoms with Crippen LogP contribution in [-0.4, -0.2) is 55.6 Å². The monoisotopic (exact) mass is 311 g/mol. The average Bonchev–Trinajstić information content (AvgIpc) is 2.53. The fourth-order valence-electron chi connectivity index (χ4n) is 2.68. The predicted molar refractivity (Wildman–Crippen MR) is 83.2 cm³/mol. The number of aliphatic hydroxyl groups excluding tert-OH is 1. The number of hydrogen-bond acceptors (Lipinski definition) is 4. The predicted octanol–water partition coefficient (Wildman–Crippen LogP) is 2.38. The number of nitrogens with zero attached hydrogens (tertiary/aromatic N) is 1. The highest BCUT2D eigenvalue weighted by atomic mass is 19.1. The number of aliphatic hydroxyl groups is 1. The Hall–Kier alpha value is -1.01. The van der Waals surface area contributed by atoms with Crippen molar-refractivity contribution in [2.75, 3.05) is 33.4 Å². The van der Waals surface area contributed by atoms with Crippen molar-refractivity contribution >= 4 is 0 Å². The Morgan fingerprint density at radius 1 is 1.36 bits per heavy atom. The molecule has 1 aromatic rings. The third-order valence-corrected chi connectivity index (χ3v) is 4.21. The Morgan fingerprint density at radius 2 is 2.05 bits per heavy atom. The smallest absolute Gasteiger partial charge is 0.127 e. The number of likely N-dealkylation sites (N-methyl/N-ethyl adjacent to an activating group) is 1.